The van der Waals surface area contributed by atoms with Gasteiger partial charge in [0.2, 0.25) is 6.41 Å². The fourth-order valence-electron chi connectivity index (χ4n) is 1.90. The van der Waals surface area contributed by atoms with Crippen molar-refractivity contribution in [1.29, 1.82) is 0 Å². The van der Waals surface area contributed by atoms with Crippen molar-refractivity contribution in [2.75, 3.05) is 24.3 Å². The summed E-state index contributed by atoms with van der Waals surface area (Å²) >= 11 is 0. The standard InChI is InChI=1S/C15H16N2O5S/c1-21-12-5-8-15(22-2)14(9-12)17-23(19,20)13-6-3-11(4-7-13)16-10-18/h3-10,17H,1-2H3,(H,16,18). The second-order valence-corrected chi connectivity index (χ2v) is 6.14. The molecule has 0 spiro atoms. The number of methoxy groups -OCH3 is 2. The minimum absolute atomic E-state index is 0.0545. The van der Waals surface area contributed by atoms with Gasteiger partial charge in [-0.2, -0.15) is 0 Å². The summed E-state index contributed by atoms with van der Waals surface area (Å²) in [6.07, 6.45) is 0.517. The number of carbonyl (C=O) groups excluding carboxylic acids is 1. The molecule has 1 amide bonds. The van der Waals surface area contributed by atoms with Crippen LogP contribution in [0.15, 0.2) is 47.4 Å². The Morgan fingerprint density at radius 1 is 1.00 bits per heavy atom. The van der Waals surface area contributed by atoms with E-state index in [0.717, 1.165) is 0 Å². The van der Waals surface area contributed by atoms with Crippen molar-refractivity contribution in [2.24, 2.45) is 0 Å². The van der Waals surface area contributed by atoms with E-state index < -0.39 is 10.0 Å². The number of sulfonamides is 1. The van der Waals surface area contributed by atoms with Crippen molar-refractivity contribution in [1.82, 2.24) is 0 Å². The number of hydrogen-bond donors (Lipinski definition) is 2. The smallest absolute Gasteiger partial charge is 0.262 e. The Bertz CT molecular complexity index is 788. The maximum atomic E-state index is 12.4. The summed E-state index contributed by atoms with van der Waals surface area (Å²) in [7, 11) is -0.875. The van der Waals surface area contributed by atoms with E-state index in [1.165, 1.54) is 44.6 Å². The molecule has 23 heavy (non-hydrogen) atoms. The SMILES string of the molecule is COc1ccc(OC)c(NS(=O)(=O)c2ccc(NC=O)cc2)c1. The first-order valence-corrected chi connectivity index (χ1v) is 8.03. The Morgan fingerprint density at radius 3 is 2.26 bits per heavy atom. The molecular formula is C15H16N2O5S. The molecule has 2 aromatic carbocycles. The molecule has 7 nitrogen and oxygen atoms in total. The summed E-state index contributed by atoms with van der Waals surface area (Å²) in [6.45, 7) is 0. The van der Waals surface area contributed by atoms with Gasteiger partial charge in [-0.1, -0.05) is 0 Å². The molecule has 122 valence electrons. The van der Waals surface area contributed by atoms with Gasteiger partial charge in [-0.25, -0.2) is 8.42 Å². The normalized spacial score (nSPS) is 10.7. The topological polar surface area (TPSA) is 93.7 Å². The molecule has 0 aliphatic carbocycles. The van der Waals surface area contributed by atoms with E-state index in [2.05, 4.69) is 10.0 Å². The second kappa shape index (κ2) is 7.01. The molecule has 0 aromatic heterocycles. The van der Waals surface area contributed by atoms with Gasteiger partial charge >= 0.3 is 0 Å². The molecule has 0 aliphatic heterocycles. The van der Waals surface area contributed by atoms with Crippen molar-refractivity contribution in [3.63, 3.8) is 0 Å². The highest BCUT2D eigenvalue weighted by atomic mass is 32.2. The first-order chi connectivity index (χ1) is 11.0. The molecule has 2 rings (SSSR count). The number of nitrogens with one attached hydrogen (secondary N) is 2. The highest BCUT2D eigenvalue weighted by Crippen LogP contribution is 2.31. The van der Waals surface area contributed by atoms with Crippen molar-refractivity contribution in [3.05, 3.63) is 42.5 Å². The molecule has 0 saturated heterocycles. The molecule has 0 atom stereocenters. The Labute approximate surface area is 134 Å². The van der Waals surface area contributed by atoms with Gasteiger partial charge in [0.15, 0.2) is 0 Å². The third kappa shape index (κ3) is 3.92. The Kier molecular flexibility index (Phi) is 5.07. The van der Waals surface area contributed by atoms with Crippen molar-refractivity contribution >= 4 is 27.8 Å². The van der Waals surface area contributed by atoms with E-state index >= 15 is 0 Å². The number of ether oxygens (including phenoxy) is 2. The van der Waals surface area contributed by atoms with Crippen molar-refractivity contribution in [2.45, 2.75) is 4.90 Å². The predicted octanol–water partition coefficient (Wildman–Crippen LogP) is 2.07. The summed E-state index contributed by atoms with van der Waals surface area (Å²) < 4.78 is 37.6. The van der Waals surface area contributed by atoms with Gasteiger partial charge in [0.05, 0.1) is 24.8 Å². The fraction of sp³-hybridized carbons (Fsp3) is 0.133. The van der Waals surface area contributed by atoms with Crippen LogP contribution in [0.4, 0.5) is 11.4 Å². The number of benzene rings is 2. The molecule has 0 fully saturated rings. The van der Waals surface area contributed by atoms with Gasteiger partial charge < -0.3 is 14.8 Å². The van der Waals surface area contributed by atoms with Crippen molar-refractivity contribution < 1.29 is 22.7 Å². The van der Waals surface area contributed by atoms with E-state index in [-0.39, 0.29) is 10.6 Å². The van der Waals surface area contributed by atoms with Gasteiger partial charge in [-0.3, -0.25) is 9.52 Å². The zero-order valence-corrected chi connectivity index (χ0v) is 13.4. The van der Waals surface area contributed by atoms with Gasteiger partial charge in [0.1, 0.15) is 11.5 Å². The molecule has 2 aromatic rings. The average molecular weight is 336 g/mol. The maximum Gasteiger partial charge on any atom is 0.262 e. The number of amides is 1. The largest absolute Gasteiger partial charge is 0.497 e. The minimum Gasteiger partial charge on any atom is -0.497 e. The molecule has 2 N–H and O–H groups in total. The molecular weight excluding hydrogens is 320 g/mol. The lowest BCUT2D eigenvalue weighted by Crippen LogP contribution is -2.13. The lowest BCUT2D eigenvalue weighted by Gasteiger charge is -2.13. The van der Waals surface area contributed by atoms with Crippen molar-refractivity contribution in [3.8, 4) is 11.5 Å². The lowest BCUT2D eigenvalue weighted by molar-refractivity contribution is -0.105. The van der Waals surface area contributed by atoms with Gasteiger partial charge in [-0.15, -0.1) is 0 Å². The molecule has 0 radical (unpaired) electrons. The molecule has 8 heteroatoms. The number of carbonyl (C=O) groups is 1. The van der Waals surface area contributed by atoms with Crippen LogP contribution in [0.3, 0.4) is 0 Å². The van der Waals surface area contributed by atoms with Crippen LogP contribution in [0.25, 0.3) is 0 Å². The first-order valence-electron chi connectivity index (χ1n) is 6.55. The Morgan fingerprint density at radius 2 is 1.70 bits per heavy atom. The quantitative estimate of drug-likeness (QED) is 0.755. The fourth-order valence-corrected chi connectivity index (χ4v) is 2.96. The Hall–Kier alpha value is -2.74. The summed E-state index contributed by atoms with van der Waals surface area (Å²) in [4.78, 5) is 10.4. The zero-order valence-electron chi connectivity index (χ0n) is 12.6. The van der Waals surface area contributed by atoms with E-state index in [4.69, 9.17) is 9.47 Å². The Balaban J connectivity index is 2.32. The van der Waals surface area contributed by atoms with Crippen LogP contribution in [-0.4, -0.2) is 29.0 Å². The van der Waals surface area contributed by atoms with E-state index in [0.29, 0.717) is 23.6 Å². The van der Waals surface area contributed by atoms with Crippen LogP contribution in [-0.2, 0) is 14.8 Å². The van der Waals surface area contributed by atoms with Crippen LogP contribution in [0, 0.1) is 0 Å². The van der Waals surface area contributed by atoms with Crippen LogP contribution < -0.4 is 19.5 Å². The summed E-state index contributed by atoms with van der Waals surface area (Å²) in [5.41, 5.74) is 0.764. The zero-order chi connectivity index (χ0) is 16.9. The lowest BCUT2D eigenvalue weighted by atomic mass is 10.3. The summed E-state index contributed by atoms with van der Waals surface area (Å²) in [5, 5.41) is 2.44. The molecule has 0 saturated carbocycles. The van der Waals surface area contributed by atoms with Crippen LogP contribution in [0.5, 0.6) is 11.5 Å². The third-order valence-electron chi connectivity index (χ3n) is 3.04. The van der Waals surface area contributed by atoms with Gasteiger partial charge in [-0.05, 0) is 36.4 Å². The molecule has 0 unspecified atom stereocenters. The minimum atomic E-state index is -3.80. The maximum absolute atomic E-state index is 12.4. The number of hydrogen-bond acceptors (Lipinski definition) is 5. The first kappa shape index (κ1) is 16.6. The van der Waals surface area contributed by atoms with Gasteiger partial charge in [0.25, 0.3) is 10.0 Å². The average Bonchev–Trinajstić information content (AvgIpc) is 2.55. The van der Waals surface area contributed by atoms with Gasteiger partial charge in [0, 0.05) is 11.8 Å². The molecule has 0 aliphatic rings. The third-order valence-corrected chi connectivity index (χ3v) is 4.42. The molecule has 0 bridgehead atoms. The summed E-state index contributed by atoms with van der Waals surface area (Å²) in [5.74, 6) is 0.864. The number of anilines is 2. The second-order valence-electron chi connectivity index (χ2n) is 4.46. The van der Waals surface area contributed by atoms with E-state index in [1.807, 2.05) is 0 Å². The van der Waals surface area contributed by atoms with Crippen LogP contribution >= 0.6 is 0 Å². The van der Waals surface area contributed by atoms with Crippen LogP contribution in [0.2, 0.25) is 0 Å². The highest BCUT2D eigenvalue weighted by molar-refractivity contribution is 7.92. The highest BCUT2D eigenvalue weighted by Gasteiger charge is 2.17. The predicted molar refractivity (Wildman–Crippen MR) is 86.5 cm³/mol. The van der Waals surface area contributed by atoms with Crippen LogP contribution in [0.1, 0.15) is 0 Å². The van der Waals surface area contributed by atoms with E-state index in [9.17, 15) is 13.2 Å². The number of rotatable bonds is 7. The summed E-state index contributed by atoms with van der Waals surface area (Å²) in [6, 6.07) is 10.6. The molecule has 0 heterocycles. The monoisotopic (exact) mass is 336 g/mol. The van der Waals surface area contributed by atoms with E-state index in [1.54, 1.807) is 12.1 Å².